The fourth-order valence-corrected chi connectivity index (χ4v) is 3.37. The zero-order chi connectivity index (χ0) is 14.0. The van der Waals surface area contributed by atoms with E-state index in [9.17, 15) is 4.79 Å². The highest BCUT2D eigenvalue weighted by Gasteiger charge is 2.16. The molecule has 0 atom stereocenters. The maximum absolute atomic E-state index is 11.9. The van der Waals surface area contributed by atoms with Crippen LogP contribution in [0.15, 0.2) is 24.3 Å². The minimum absolute atomic E-state index is 0.212. The van der Waals surface area contributed by atoms with E-state index in [-0.39, 0.29) is 18.1 Å². The Balaban J connectivity index is 2.11. The number of para-hydroxylation sites is 1. The minimum atomic E-state index is -0.288. The van der Waals surface area contributed by atoms with Crippen LogP contribution < -0.4 is 4.74 Å². The van der Waals surface area contributed by atoms with E-state index in [0.29, 0.717) is 24.3 Å². The number of carbonyl (C=O) groups is 1. The highest BCUT2D eigenvalue weighted by Crippen LogP contribution is 2.34. The second-order valence-electron chi connectivity index (χ2n) is 3.50. The predicted molar refractivity (Wildman–Crippen MR) is 80.6 cm³/mol. The highest BCUT2D eigenvalue weighted by molar-refractivity contribution is 7.20. The van der Waals surface area contributed by atoms with E-state index >= 15 is 0 Å². The van der Waals surface area contributed by atoms with E-state index in [0.717, 1.165) is 11.3 Å². The molecule has 0 aliphatic rings. The first-order chi connectivity index (χ1) is 8.99. The lowest BCUT2D eigenvalue weighted by atomic mass is 10.2. The molecule has 0 saturated carbocycles. The van der Waals surface area contributed by atoms with Crippen molar-refractivity contribution in [3.63, 3.8) is 0 Å². The van der Waals surface area contributed by atoms with Gasteiger partial charge in [-0.2, -0.15) is 0 Å². The topological polar surface area (TPSA) is 26.3 Å². The normalized spacial score (nSPS) is 10.5. The van der Waals surface area contributed by atoms with Crippen molar-refractivity contribution in [1.82, 2.24) is 0 Å². The maximum atomic E-state index is 11.9. The van der Waals surface area contributed by atoms with Gasteiger partial charge in [0.25, 0.3) is 0 Å². The number of ether oxygens (including phenoxy) is 1. The smallest absolute Gasteiger partial charge is 0.202 e. The molecule has 0 aliphatic carbocycles. The van der Waals surface area contributed by atoms with Crippen molar-refractivity contribution in [2.75, 3.05) is 6.61 Å². The summed E-state index contributed by atoms with van der Waals surface area (Å²) in [7, 11) is 0. The van der Waals surface area contributed by atoms with E-state index in [1.807, 2.05) is 0 Å². The first kappa shape index (κ1) is 14.9. The molecule has 19 heavy (non-hydrogen) atoms. The van der Waals surface area contributed by atoms with Crippen molar-refractivity contribution in [2.45, 2.75) is 0 Å². The second-order valence-corrected chi connectivity index (χ2v) is 6.60. The third-order valence-electron chi connectivity index (χ3n) is 2.22. The van der Waals surface area contributed by atoms with Crippen LogP contribution in [0.1, 0.15) is 10.4 Å². The van der Waals surface area contributed by atoms with Crippen LogP contribution in [0, 0.1) is 0 Å². The number of ketones is 1. The second kappa shape index (κ2) is 6.33. The molecule has 0 N–H and O–H groups in total. The highest BCUT2D eigenvalue weighted by atomic mass is 35.5. The Morgan fingerprint density at radius 2 is 1.79 bits per heavy atom. The number of carbonyl (C=O) groups excluding carboxylic acids is 1. The van der Waals surface area contributed by atoms with E-state index in [2.05, 4.69) is 0 Å². The van der Waals surface area contributed by atoms with Gasteiger partial charge in [-0.15, -0.1) is 11.3 Å². The molecule has 0 saturated heterocycles. The van der Waals surface area contributed by atoms with Crippen molar-refractivity contribution < 1.29 is 9.53 Å². The molecule has 0 unspecified atom stereocenters. The molecule has 1 heterocycles. The molecule has 2 aromatic rings. The summed E-state index contributed by atoms with van der Waals surface area (Å²) in [5, 5.41) is 0.685. The van der Waals surface area contributed by atoms with Gasteiger partial charge in [-0.25, -0.2) is 0 Å². The Morgan fingerprint density at radius 3 is 2.32 bits per heavy atom. The Hall–Kier alpha value is -0.450. The fraction of sp³-hybridized carbons (Fsp3) is 0.0833. The molecule has 0 fully saturated rings. The zero-order valence-electron chi connectivity index (χ0n) is 9.25. The van der Waals surface area contributed by atoms with E-state index in [4.69, 9.17) is 51.1 Å². The van der Waals surface area contributed by atoms with Crippen molar-refractivity contribution >= 4 is 63.5 Å². The number of benzene rings is 1. The van der Waals surface area contributed by atoms with Gasteiger partial charge in [0.1, 0.15) is 4.34 Å². The lowest BCUT2D eigenvalue weighted by molar-refractivity contribution is 0.0922. The average molecular weight is 356 g/mol. The summed E-state index contributed by atoms with van der Waals surface area (Å²) in [4.78, 5) is 11.9. The van der Waals surface area contributed by atoms with Gasteiger partial charge < -0.3 is 4.74 Å². The van der Waals surface area contributed by atoms with Crippen molar-refractivity contribution in [2.24, 2.45) is 0 Å². The molecular formula is C12H6Cl4O2S. The van der Waals surface area contributed by atoms with Gasteiger partial charge in [0.05, 0.1) is 19.9 Å². The SMILES string of the molecule is O=C(COc1c(Cl)cccc1Cl)c1cc(Cl)sc1Cl. The molecule has 0 spiro atoms. The summed E-state index contributed by atoms with van der Waals surface area (Å²) in [5.74, 6) is -0.0132. The summed E-state index contributed by atoms with van der Waals surface area (Å²) in [6.07, 6.45) is 0. The van der Waals surface area contributed by atoms with E-state index in [1.54, 1.807) is 18.2 Å². The largest absolute Gasteiger partial charge is 0.482 e. The quantitative estimate of drug-likeness (QED) is 0.665. The van der Waals surface area contributed by atoms with Gasteiger partial charge in [-0.05, 0) is 18.2 Å². The number of hydrogen-bond donors (Lipinski definition) is 0. The average Bonchev–Trinajstić information content (AvgIpc) is 2.67. The van der Waals surface area contributed by atoms with Gasteiger partial charge >= 0.3 is 0 Å². The van der Waals surface area contributed by atoms with Crippen LogP contribution in [-0.4, -0.2) is 12.4 Å². The maximum Gasteiger partial charge on any atom is 0.202 e. The predicted octanol–water partition coefficient (Wildman–Crippen LogP) is 5.62. The van der Waals surface area contributed by atoms with Crippen LogP contribution >= 0.6 is 57.7 Å². The summed E-state index contributed by atoms with van der Waals surface area (Å²) in [6.45, 7) is -0.212. The molecule has 0 radical (unpaired) electrons. The number of thiophene rings is 1. The molecule has 0 bridgehead atoms. The van der Waals surface area contributed by atoms with E-state index < -0.39 is 0 Å². The number of rotatable bonds is 4. The monoisotopic (exact) mass is 354 g/mol. The molecule has 0 amide bonds. The zero-order valence-corrected chi connectivity index (χ0v) is 13.1. The molecule has 1 aromatic carbocycles. The molecule has 1 aromatic heterocycles. The van der Waals surface area contributed by atoms with Crippen LogP contribution in [0.5, 0.6) is 5.75 Å². The molecule has 0 aliphatic heterocycles. The standard InChI is InChI=1S/C12H6Cl4O2S/c13-7-2-1-3-8(14)11(7)18-5-9(17)6-4-10(15)19-12(6)16/h1-4H,5H2. The first-order valence-corrected chi connectivity index (χ1v) is 7.36. The van der Waals surface area contributed by atoms with Crippen LogP contribution in [0.2, 0.25) is 18.7 Å². The summed E-state index contributed by atoms with van der Waals surface area (Å²) < 4.78 is 6.12. The van der Waals surface area contributed by atoms with Gasteiger partial charge in [-0.1, -0.05) is 52.5 Å². The first-order valence-electron chi connectivity index (χ1n) is 5.04. The van der Waals surface area contributed by atoms with Gasteiger partial charge in [-0.3, -0.25) is 4.79 Å². The number of Topliss-reactive ketones (excluding diaryl/α,β-unsaturated/α-hetero) is 1. The number of hydrogen-bond acceptors (Lipinski definition) is 3. The Bertz CT molecular complexity index is 604. The molecule has 7 heteroatoms. The van der Waals surface area contributed by atoms with Crippen LogP contribution in [0.25, 0.3) is 0 Å². The van der Waals surface area contributed by atoms with Crippen molar-refractivity contribution in [1.29, 1.82) is 0 Å². The Kier molecular flexibility index (Phi) is 4.98. The van der Waals surface area contributed by atoms with Gasteiger partial charge in [0, 0.05) is 0 Å². The third-order valence-corrected chi connectivity index (χ3v) is 4.31. The van der Waals surface area contributed by atoms with Crippen LogP contribution in [0.3, 0.4) is 0 Å². The molecule has 2 nitrogen and oxygen atoms in total. The molecular weight excluding hydrogens is 350 g/mol. The fourth-order valence-electron chi connectivity index (χ4n) is 1.37. The number of halogens is 4. The van der Waals surface area contributed by atoms with Gasteiger partial charge in [0.2, 0.25) is 5.78 Å². The van der Waals surface area contributed by atoms with Crippen molar-refractivity contribution in [3.8, 4) is 5.75 Å². The summed E-state index contributed by atoms with van der Waals surface area (Å²) >= 11 is 24.7. The molecule has 100 valence electrons. The Labute approximate surface area is 133 Å². The Morgan fingerprint density at radius 1 is 1.16 bits per heavy atom. The van der Waals surface area contributed by atoms with Crippen LogP contribution in [-0.2, 0) is 0 Å². The summed E-state index contributed by atoms with van der Waals surface area (Å²) in [6, 6.07) is 6.45. The van der Waals surface area contributed by atoms with Gasteiger partial charge in [0.15, 0.2) is 12.4 Å². The summed E-state index contributed by atoms with van der Waals surface area (Å²) in [5.41, 5.74) is 0.333. The lowest BCUT2D eigenvalue weighted by Gasteiger charge is -2.08. The van der Waals surface area contributed by atoms with Crippen LogP contribution in [0.4, 0.5) is 0 Å². The van der Waals surface area contributed by atoms with Crippen molar-refractivity contribution in [3.05, 3.63) is 48.5 Å². The lowest BCUT2D eigenvalue weighted by Crippen LogP contribution is -2.11. The molecule has 2 rings (SSSR count). The minimum Gasteiger partial charge on any atom is -0.482 e. The third kappa shape index (κ3) is 3.56. The van der Waals surface area contributed by atoms with E-state index in [1.165, 1.54) is 6.07 Å².